The van der Waals surface area contributed by atoms with E-state index in [1.807, 2.05) is 73.7 Å². The summed E-state index contributed by atoms with van der Waals surface area (Å²) in [5.74, 6) is -1.44. The lowest BCUT2D eigenvalue weighted by atomic mass is 9.99. The second-order valence-electron chi connectivity index (χ2n) is 11.7. The number of nitrogens with one attached hydrogen (secondary N) is 2. The van der Waals surface area contributed by atoms with Crippen LogP contribution in [0.5, 0.6) is 0 Å². The molecule has 0 heterocycles. The van der Waals surface area contributed by atoms with Crippen molar-refractivity contribution in [2.24, 2.45) is 5.73 Å². The van der Waals surface area contributed by atoms with Gasteiger partial charge in [-0.15, -0.1) is 0 Å². The third kappa shape index (κ3) is 8.09. The van der Waals surface area contributed by atoms with Crippen LogP contribution in [0, 0.1) is 0 Å². The van der Waals surface area contributed by atoms with Crippen molar-refractivity contribution in [2.45, 2.75) is 83.5 Å². The van der Waals surface area contributed by atoms with Crippen molar-refractivity contribution in [3.63, 3.8) is 0 Å². The lowest BCUT2D eigenvalue weighted by Gasteiger charge is -2.34. The number of nitrogens with two attached hydrogens (primary N) is 1. The predicted molar refractivity (Wildman–Crippen MR) is 163 cm³/mol. The van der Waals surface area contributed by atoms with Crippen molar-refractivity contribution in [1.29, 1.82) is 0 Å². The number of fused-ring (bicyclic) bond motifs is 1. The Labute approximate surface area is 246 Å². The molecule has 1 aliphatic carbocycles. The van der Waals surface area contributed by atoms with Gasteiger partial charge in [0.25, 0.3) is 5.91 Å². The van der Waals surface area contributed by atoms with Gasteiger partial charge in [0.15, 0.2) is 0 Å². The Kier molecular flexibility index (Phi) is 9.50. The molecule has 4 amide bonds. The van der Waals surface area contributed by atoms with E-state index in [0.717, 1.165) is 22.8 Å². The van der Waals surface area contributed by atoms with Gasteiger partial charge in [0.05, 0.1) is 0 Å². The Balaban J connectivity index is 1.69. The second-order valence-corrected chi connectivity index (χ2v) is 11.7. The first-order valence-corrected chi connectivity index (χ1v) is 14.4. The van der Waals surface area contributed by atoms with Gasteiger partial charge in [0, 0.05) is 18.2 Å². The average Bonchev–Trinajstić information content (AvgIpc) is 3.77. The number of hydrogen-bond acceptors (Lipinski definition) is 5. The average molecular weight is 573 g/mol. The molecule has 2 atom stereocenters. The first-order valence-electron chi connectivity index (χ1n) is 14.4. The standard InChI is InChI=1S/C33H40N4O5/c1-5-21-10-12-23(13-11-21)29(30(39)35-25-15-14-22-8-6-7-9-24(22)20-25)37(26-16-17-26)31(40)27(18-19-28(34)38)36-32(41)42-33(2,3)4/h6-15,20,26-27,29H,5,16-19H2,1-4H3,(H2,34,38)(H,35,39)(H,36,41). The molecule has 0 saturated heterocycles. The molecule has 1 aliphatic rings. The number of amides is 4. The summed E-state index contributed by atoms with van der Waals surface area (Å²) < 4.78 is 5.40. The second kappa shape index (κ2) is 13.1. The summed E-state index contributed by atoms with van der Waals surface area (Å²) in [5.41, 5.74) is 6.97. The van der Waals surface area contributed by atoms with Crippen LogP contribution in [-0.2, 0) is 25.5 Å². The van der Waals surface area contributed by atoms with E-state index in [9.17, 15) is 19.2 Å². The normalized spacial score (nSPS) is 14.5. The van der Waals surface area contributed by atoms with Crippen molar-refractivity contribution in [3.8, 4) is 0 Å². The number of carbonyl (C=O) groups excluding carboxylic acids is 4. The highest BCUT2D eigenvalue weighted by molar-refractivity contribution is 6.00. The van der Waals surface area contributed by atoms with E-state index in [1.54, 1.807) is 25.7 Å². The van der Waals surface area contributed by atoms with Gasteiger partial charge in [-0.1, -0.05) is 61.5 Å². The molecule has 3 aromatic carbocycles. The van der Waals surface area contributed by atoms with E-state index in [-0.39, 0.29) is 24.8 Å². The maximum Gasteiger partial charge on any atom is 0.408 e. The number of rotatable bonds is 11. The van der Waals surface area contributed by atoms with E-state index in [1.165, 1.54) is 0 Å². The van der Waals surface area contributed by atoms with Crippen molar-refractivity contribution in [1.82, 2.24) is 10.2 Å². The summed E-state index contributed by atoms with van der Waals surface area (Å²) in [7, 11) is 0. The molecule has 3 aromatic rings. The highest BCUT2D eigenvalue weighted by atomic mass is 16.6. The lowest BCUT2D eigenvalue weighted by Crippen LogP contribution is -2.53. The molecule has 4 rings (SSSR count). The third-order valence-electron chi connectivity index (χ3n) is 7.11. The molecule has 2 unspecified atom stereocenters. The summed E-state index contributed by atoms with van der Waals surface area (Å²) in [6.45, 7) is 7.20. The van der Waals surface area contributed by atoms with Crippen LogP contribution in [0.25, 0.3) is 10.8 Å². The van der Waals surface area contributed by atoms with Crippen molar-refractivity contribution in [3.05, 3.63) is 77.9 Å². The van der Waals surface area contributed by atoms with Gasteiger partial charge < -0.3 is 26.0 Å². The lowest BCUT2D eigenvalue weighted by molar-refractivity contribution is -0.141. The Hall–Kier alpha value is -4.40. The molecule has 0 radical (unpaired) electrons. The van der Waals surface area contributed by atoms with Crippen LogP contribution in [0.15, 0.2) is 66.7 Å². The van der Waals surface area contributed by atoms with Gasteiger partial charge in [0.1, 0.15) is 17.7 Å². The summed E-state index contributed by atoms with van der Waals surface area (Å²) in [4.78, 5) is 54.3. The molecule has 1 fully saturated rings. The zero-order valence-corrected chi connectivity index (χ0v) is 24.7. The Morgan fingerprint density at radius 3 is 2.24 bits per heavy atom. The molecule has 1 saturated carbocycles. The van der Waals surface area contributed by atoms with Gasteiger partial charge in [-0.2, -0.15) is 0 Å². The Morgan fingerprint density at radius 1 is 0.976 bits per heavy atom. The molecule has 0 aromatic heterocycles. The quantitative estimate of drug-likeness (QED) is 0.290. The molecule has 9 heteroatoms. The number of ether oxygens (including phenoxy) is 1. The number of nitrogens with zero attached hydrogens (tertiary/aromatic N) is 1. The number of anilines is 1. The molecule has 0 bridgehead atoms. The van der Waals surface area contributed by atoms with Crippen LogP contribution in [0.3, 0.4) is 0 Å². The highest BCUT2D eigenvalue weighted by Gasteiger charge is 2.44. The molecular formula is C33H40N4O5. The number of alkyl carbamates (subject to hydrolysis) is 1. The summed E-state index contributed by atoms with van der Waals surface area (Å²) in [6, 6.07) is 18.9. The molecule has 222 valence electrons. The highest BCUT2D eigenvalue weighted by Crippen LogP contribution is 2.37. The van der Waals surface area contributed by atoms with Crippen LogP contribution in [0.4, 0.5) is 10.5 Å². The minimum Gasteiger partial charge on any atom is -0.444 e. The topological polar surface area (TPSA) is 131 Å². The van der Waals surface area contributed by atoms with E-state index < -0.39 is 35.6 Å². The van der Waals surface area contributed by atoms with Crippen molar-refractivity contribution in [2.75, 3.05) is 5.32 Å². The molecule has 0 aliphatic heterocycles. The summed E-state index contributed by atoms with van der Waals surface area (Å²) >= 11 is 0. The van der Waals surface area contributed by atoms with E-state index in [4.69, 9.17) is 10.5 Å². The van der Waals surface area contributed by atoms with Gasteiger partial charge in [-0.25, -0.2) is 4.79 Å². The first-order chi connectivity index (χ1) is 19.9. The SMILES string of the molecule is CCc1ccc(C(C(=O)Nc2ccc3ccccc3c2)N(C(=O)C(CCC(N)=O)NC(=O)OC(C)(C)C)C2CC2)cc1. The first kappa shape index (κ1) is 30.6. The van der Waals surface area contributed by atoms with Crippen LogP contribution in [0.1, 0.15) is 70.5 Å². The van der Waals surface area contributed by atoms with Crippen LogP contribution < -0.4 is 16.4 Å². The van der Waals surface area contributed by atoms with Gasteiger partial charge >= 0.3 is 6.09 Å². The molecule has 42 heavy (non-hydrogen) atoms. The zero-order chi connectivity index (χ0) is 30.4. The van der Waals surface area contributed by atoms with Gasteiger partial charge in [-0.05, 0) is 80.5 Å². The van der Waals surface area contributed by atoms with Crippen LogP contribution in [0.2, 0.25) is 0 Å². The predicted octanol–water partition coefficient (Wildman–Crippen LogP) is 5.23. The Bertz CT molecular complexity index is 1440. The smallest absolute Gasteiger partial charge is 0.408 e. The van der Waals surface area contributed by atoms with Crippen molar-refractivity contribution < 1.29 is 23.9 Å². The van der Waals surface area contributed by atoms with E-state index >= 15 is 0 Å². The zero-order valence-electron chi connectivity index (χ0n) is 24.7. The number of carbonyl (C=O) groups is 4. The largest absolute Gasteiger partial charge is 0.444 e. The summed E-state index contributed by atoms with van der Waals surface area (Å²) in [5, 5.41) is 7.67. The molecule has 9 nitrogen and oxygen atoms in total. The van der Waals surface area contributed by atoms with Crippen molar-refractivity contribution >= 4 is 40.3 Å². The van der Waals surface area contributed by atoms with Gasteiger partial charge in [0.2, 0.25) is 11.8 Å². The third-order valence-corrected chi connectivity index (χ3v) is 7.11. The maximum atomic E-state index is 14.2. The molecule has 0 spiro atoms. The minimum absolute atomic E-state index is 0.0234. The van der Waals surface area contributed by atoms with Crippen LogP contribution >= 0.6 is 0 Å². The van der Waals surface area contributed by atoms with Crippen LogP contribution in [-0.4, -0.2) is 46.4 Å². The number of hydrogen-bond donors (Lipinski definition) is 3. The molecule has 4 N–H and O–H groups in total. The van der Waals surface area contributed by atoms with E-state index in [0.29, 0.717) is 24.1 Å². The minimum atomic E-state index is -1.11. The molecular weight excluding hydrogens is 532 g/mol. The number of aryl methyl sites for hydroxylation is 1. The maximum absolute atomic E-state index is 14.2. The fraction of sp³-hybridized carbons (Fsp3) is 0.394. The number of benzene rings is 3. The fourth-order valence-corrected chi connectivity index (χ4v) is 4.90. The summed E-state index contributed by atoms with van der Waals surface area (Å²) in [6.07, 6.45) is 1.33. The fourth-order valence-electron chi connectivity index (χ4n) is 4.90. The number of primary amides is 1. The van der Waals surface area contributed by atoms with E-state index in [2.05, 4.69) is 10.6 Å². The Morgan fingerprint density at radius 2 is 1.64 bits per heavy atom. The van der Waals surface area contributed by atoms with Gasteiger partial charge in [-0.3, -0.25) is 14.4 Å². The monoisotopic (exact) mass is 572 g/mol.